The van der Waals surface area contributed by atoms with E-state index in [1.807, 2.05) is 26.0 Å². The normalized spacial score (nSPS) is 31.6. The summed E-state index contributed by atoms with van der Waals surface area (Å²) in [6.07, 6.45) is 1.97. The lowest BCUT2D eigenvalue weighted by Gasteiger charge is -2.73. The number of nitrogens with one attached hydrogen (secondary N) is 1. The lowest BCUT2D eigenvalue weighted by atomic mass is 9.38. The molecule has 4 aliphatic carbocycles. The number of amidine groups is 1. The van der Waals surface area contributed by atoms with Gasteiger partial charge in [0, 0.05) is 41.3 Å². The van der Waals surface area contributed by atoms with Crippen molar-refractivity contribution in [2.75, 3.05) is 0 Å². The lowest BCUT2D eigenvalue weighted by molar-refractivity contribution is -0.151. The molecule has 2 bridgehead atoms. The van der Waals surface area contributed by atoms with Crippen LogP contribution in [0.4, 0.5) is 8.78 Å². The molecule has 4 saturated carbocycles. The van der Waals surface area contributed by atoms with Crippen LogP contribution < -0.4 is 5.32 Å². The SMILES string of the molecule is CC1(C)NC(C23CC(N(Cc4ccc(Cl)cc4)S(=O)(=O)c4ccccc4)(C2)C3)=N[C@H]1C(=O)CC[C@H]1CC1(F)F. The molecule has 2 aromatic carbocycles. The lowest BCUT2D eigenvalue weighted by Crippen LogP contribution is -2.78. The van der Waals surface area contributed by atoms with Gasteiger partial charge >= 0.3 is 0 Å². The molecule has 0 spiro atoms. The van der Waals surface area contributed by atoms with Crippen LogP contribution in [0, 0.1) is 11.3 Å². The second kappa shape index (κ2) is 8.82. The number of hydrogen-bond donors (Lipinski definition) is 1. The van der Waals surface area contributed by atoms with Crippen molar-refractivity contribution in [2.45, 2.75) is 86.9 Å². The highest BCUT2D eigenvalue weighted by Gasteiger charge is 2.75. The standard InChI is InChI=1S/C29H32ClF2N3O3S/c1-26(2)24(23(36)13-10-20-14-29(20,31)32)33-25(34-26)27-16-28(17-27,18-27)35(15-19-8-11-21(30)12-9-19)39(37,38)22-6-4-3-5-7-22/h3-9,11-12,20,24H,10,13-18H2,1-2H3,(H,33,34)/t20-,24-,27?,28?/m0/s1. The molecule has 2 aromatic rings. The van der Waals surface area contributed by atoms with Crippen molar-refractivity contribution < 1.29 is 22.0 Å². The summed E-state index contributed by atoms with van der Waals surface area (Å²) in [5.41, 5.74) is -0.620. The van der Waals surface area contributed by atoms with Gasteiger partial charge in [-0.15, -0.1) is 0 Å². The average Bonchev–Trinajstić information content (AvgIpc) is 3.32. The van der Waals surface area contributed by atoms with Gasteiger partial charge in [0.15, 0.2) is 5.78 Å². The summed E-state index contributed by atoms with van der Waals surface area (Å²) < 4.78 is 56.0. The third-order valence-electron chi connectivity index (χ3n) is 8.99. The second-order valence-corrected chi connectivity index (χ2v) is 14.7. The Hall–Kier alpha value is -2.36. The number of alkyl halides is 2. The minimum Gasteiger partial charge on any atom is -0.366 e. The highest BCUT2D eigenvalue weighted by atomic mass is 35.5. The minimum absolute atomic E-state index is 0.0912. The van der Waals surface area contributed by atoms with Crippen molar-refractivity contribution in [3.63, 3.8) is 0 Å². The van der Waals surface area contributed by atoms with Gasteiger partial charge in [-0.05, 0) is 69.4 Å². The molecule has 1 aliphatic heterocycles. The largest absolute Gasteiger partial charge is 0.366 e. The fourth-order valence-electron chi connectivity index (χ4n) is 6.71. The van der Waals surface area contributed by atoms with Crippen molar-refractivity contribution in [1.82, 2.24) is 9.62 Å². The molecule has 39 heavy (non-hydrogen) atoms. The van der Waals surface area contributed by atoms with Gasteiger partial charge in [-0.25, -0.2) is 17.2 Å². The van der Waals surface area contributed by atoms with Gasteiger partial charge < -0.3 is 5.32 Å². The summed E-state index contributed by atoms with van der Waals surface area (Å²) in [7, 11) is -3.78. The summed E-state index contributed by atoms with van der Waals surface area (Å²) in [4.78, 5) is 18.0. The molecule has 7 rings (SSSR count). The third kappa shape index (κ3) is 4.50. The molecule has 6 nitrogen and oxygen atoms in total. The Labute approximate surface area is 232 Å². The van der Waals surface area contributed by atoms with E-state index in [0.717, 1.165) is 11.4 Å². The Morgan fingerprint density at radius 3 is 2.28 bits per heavy atom. The Bertz CT molecular complexity index is 1420. The quantitative estimate of drug-likeness (QED) is 0.400. The Kier molecular flexibility index (Phi) is 6.07. The van der Waals surface area contributed by atoms with Crippen molar-refractivity contribution in [2.24, 2.45) is 16.3 Å². The van der Waals surface area contributed by atoms with Crippen LogP contribution >= 0.6 is 11.6 Å². The third-order valence-corrected chi connectivity index (χ3v) is 11.2. The van der Waals surface area contributed by atoms with E-state index in [4.69, 9.17) is 16.6 Å². The highest BCUT2D eigenvalue weighted by molar-refractivity contribution is 7.89. The van der Waals surface area contributed by atoms with E-state index in [2.05, 4.69) is 5.32 Å². The molecule has 1 heterocycles. The molecule has 10 heteroatoms. The average molecular weight is 576 g/mol. The van der Waals surface area contributed by atoms with E-state index in [1.54, 1.807) is 46.8 Å². The van der Waals surface area contributed by atoms with E-state index in [9.17, 15) is 22.0 Å². The van der Waals surface area contributed by atoms with Crippen molar-refractivity contribution in [3.8, 4) is 0 Å². The van der Waals surface area contributed by atoms with Crippen LogP contribution in [-0.4, -0.2) is 47.4 Å². The molecule has 1 N–H and O–H groups in total. The van der Waals surface area contributed by atoms with Crippen LogP contribution in [0.25, 0.3) is 0 Å². The molecule has 4 fully saturated rings. The first-order valence-electron chi connectivity index (χ1n) is 13.4. The van der Waals surface area contributed by atoms with Crippen molar-refractivity contribution in [1.29, 1.82) is 0 Å². The number of aliphatic imine (C=N–C) groups is 1. The first-order chi connectivity index (χ1) is 18.3. The molecule has 0 radical (unpaired) electrons. The zero-order chi connectivity index (χ0) is 27.8. The summed E-state index contributed by atoms with van der Waals surface area (Å²) in [5, 5.41) is 4.03. The van der Waals surface area contributed by atoms with Gasteiger partial charge in [-0.3, -0.25) is 9.79 Å². The zero-order valence-electron chi connectivity index (χ0n) is 22.0. The number of hydrogen-bond acceptors (Lipinski definition) is 5. The Balaban J connectivity index is 1.21. The number of carbonyl (C=O) groups is 1. The number of rotatable bonds is 10. The number of benzene rings is 2. The molecule has 208 valence electrons. The summed E-state index contributed by atoms with van der Waals surface area (Å²) in [6, 6.07) is 15.0. The zero-order valence-corrected chi connectivity index (χ0v) is 23.5. The van der Waals surface area contributed by atoms with Crippen LogP contribution in [0.2, 0.25) is 5.02 Å². The van der Waals surface area contributed by atoms with Crippen LogP contribution in [0.15, 0.2) is 64.5 Å². The smallest absolute Gasteiger partial charge is 0.251 e. The number of carbonyl (C=O) groups excluding carboxylic acids is 1. The second-order valence-electron chi connectivity index (χ2n) is 12.4. The van der Waals surface area contributed by atoms with Gasteiger partial charge in [0.05, 0.1) is 10.4 Å². The summed E-state index contributed by atoms with van der Waals surface area (Å²) >= 11 is 6.06. The number of ketones is 1. The topological polar surface area (TPSA) is 78.8 Å². The molecule has 2 atom stereocenters. The van der Waals surface area contributed by atoms with Gasteiger partial charge in [0.1, 0.15) is 11.9 Å². The van der Waals surface area contributed by atoms with E-state index in [-0.39, 0.29) is 41.9 Å². The molecule has 0 saturated heterocycles. The van der Waals surface area contributed by atoms with Crippen LogP contribution in [-0.2, 0) is 21.4 Å². The molecule has 5 aliphatic rings. The minimum atomic E-state index is -3.78. The predicted octanol–water partition coefficient (Wildman–Crippen LogP) is 5.61. The molecule has 0 amide bonds. The maximum atomic E-state index is 13.9. The fourth-order valence-corrected chi connectivity index (χ4v) is 8.61. The van der Waals surface area contributed by atoms with Crippen LogP contribution in [0.5, 0.6) is 0 Å². The predicted molar refractivity (Wildman–Crippen MR) is 145 cm³/mol. The Morgan fingerprint density at radius 1 is 1.08 bits per heavy atom. The molecule has 0 unspecified atom stereocenters. The molecular formula is C29H32ClF2N3O3S. The Morgan fingerprint density at radius 2 is 1.69 bits per heavy atom. The molecular weight excluding hydrogens is 544 g/mol. The molecule has 0 aromatic heterocycles. The maximum Gasteiger partial charge on any atom is 0.251 e. The monoisotopic (exact) mass is 575 g/mol. The maximum absolute atomic E-state index is 13.9. The summed E-state index contributed by atoms with van der Waals surface area (Å²) in [6.45, 7) is 4.04. The number of nitrogens with zero attached hydrogens (tertiary/aromatic N) is 2. The number of sulfonamides is 1. The number of Topliss-reactive ketones (excluding diaryl/α,β-unsaturated/α-hetero) is 1. The van der Waals surface area contributed by atoms with E-state index >= 15 is 0 Å². The first kappa shape index (κ1) is 26.8. The van der Waals surface area contributed by atoms with Crippen molar-refractivity contribution >= 4 is 33.2 Å². The van der Waals surface area contributed by atoms with E-state index < -0.39 is 39.0 Å². The van der Waals surface area contributed by atoms with Gasteiger partial charge in [0.2, 0.25) is 10.0 Å². The van der Waals surface area contributed by atoms with Crippen LogP contribution in [0.3, 0.4) is 0 Å². The van der Waals surface area contributed by atoms with E-state index in [0.29, 0.717) is 24.3 Å². The van der Waals surface area contributed by atoms with Gasteiger partial charge in [-0.1, -0.05) is 41.9 Å². The number of halogens is 3. The van der Waals surface area contributed by atoms with Crippen LogP contribution in [0.1, 0.15) is 57.9 Å². The fraction of sp³-hybridized carbons (Fsp3) is 0.517. The van der Waals surface area contributed by atoms with E-state index in [1.165, 1.54) is 0 Å². The van der Waals surface area contributed by atoms with Gasteiger partial charge in [-0.2, -0.15) is 4.31 Å². The van der Waals surface area contributed by atoms with Gasteiger partial charge in [0.25, 0.3) is 5.92 Å². The first-order valence-corrected chi connectivity index (χ1v) is 15.2. The van der Waals surface area contributed by atoms with Crippen molar-refractivity contribution in [3.05, 3.63) is 65.2 Å². The summed E-state index contributed by atoms with van der Waals surface area (Å²) in [5.74, 6) is -2.70. The highest BCUT2D eigenvalue weighted by Crippen LogP contribution is 2.71.